The van der Waals surface area contributed by atoms with Gasteiger partial charge in [-0.1, -0.05) is 23.5 Å². The Bertz CT molecular complexity index is 1240. The van der Waals surface area contributed by atoms with Gasteiger partial charge in [0.2, 0.25) is 11.8 Å². The van der Waals surface area contributed by atoms with Crippen LogP contribution in [0.3, 0.4) is 0 Å². The summed E-state index contributed by atoms with van der Waals surface area (Å²) in [6.45, 7) is 0.0781. The maximum absolute atomic E-state index is 14.0. The second-order valence-corrected chi connectivity index (χ2v) is 9.81. The smallest absolute Gasteiger partial charge is 0.231 e. The zero-order valence-corrected chi connectivity index (χ0v) is 16.9. The van der Waals surface area contributed by atoms with E-state index in [1.165, 1.54) is 35.2 Å². The molecule has 10 heteroatoms. The number of sulfone groups is 1. The number of benzene rings is 2. The van der Waals surface area contributed by atoms with Crippen LogP contribution in [0.5, 0.6) is 0 Å². The van der Waals surface area contributed by atoms with E-state index in [4.69, 9.17) is 0 Å². The Morgan fingerprint density at radius 1 is 1.28 bits per heavy atom. The van der Waals surface area contributed by atoms with E-state index in [1.54, 1.807) is 12.1 Å². The predicted molar refractivity (Wildman–Crippen MR) is 108 cm³/mol. The van der Waals surface area contributed by atoms with Gasteiger partial charge in [0.25, 0.3) is 0 Å². The molecule has 150 valence electrons. The van der Waals surface area contributed by atoms with Crippen LogP contribution in [-0.2, 0) is 19.4 Å². The predicted octanol–water partition coefficient (Wildman–Crippen LogP) is 2.83. The average Bonchev–Trinajstić information content (AvgIpc) is 3.23. The number of thiazole rings is 1. The minimum Gasteiger partial charge on any atom is -0.309 e. The Balaban J connectivity index is 1.51. The quantitative estimate of drug-likeness (QED) is 0.683. The summed E-state index contributed by atoms with van der Waals surface area (Å²) in [5.41, 5.74) is 0.717. The molecule has 1 atom stereocenters. The number of rotatable bonds is 4. The summed E-state index contributed by atoms with van der Waals surface area (Å²) >= 11 is 1.15. The number of hydrogen-bond donors (Lipinski definition) is 1. The van der Waals surface area contributed by atoms with Crippen molar-refractivity contribution in [3.05, 3.63) is 48.3 Å². The van der Waals surface area contributed by atoms with E-state index in [0.29, 0.717) is 15.3 Å². The Morgan fingerprint density at radius 3 is 2.76 bits per heavy atom. The molecule has 0 aliphatic carbocycles. The van der Waals surface area contributed by atoms with Gasteiger partial charge in [0.1, 0.15) is 5.82 Å². The maximum Gasteiger partial charge on any atom is 0.231 e. The summed E-state index contributed by atoms with van der Waals surface area (Å²) in [5, 5.41) is 3.00. The zero-order chi connectivity index (χ0) is 20.8. The van der Waals surface area contributed by atoms with Crippen LogP contribution in [0.15, 0.2) is 47.4 Å². The topological polar surface area (TPSA) is 96.4 Å². The molecule has 0 radical (unpaired) electrons. The summed E-state index contributed by atoms with van der Waals surface area (Å²) in [6.07, 6.45) is 1.10. The number of anilines is 2. The lowest BCUT2D eigenvalue weighted by Gasteiger charge is -2.17. The van der Waals surface area contributed by atoms with E-state index in [1.807, 2.05) is 0 Å². The fraction of sp³-hybridized carbons (Fsp3) is 0.211. The van der Waals surface area contributed by atoms with Gasteiger partial charge < -0.3 is 10.2 Å². The van der Waals surface area contributed by atoms with Crippen LogP contribution in [-0.4, -0.2) is 38.0 Å². The van der Waals surface area contributed by atoms with Gasteiger partial charge in [-0.15, -0.1) is 0 Å². The molecule has 2 aromatic carbocycles. The van der Waals surface area contributed by atoms with Crippen LogP contribution in [0.2, 0.25) is 0 Å². The third-order valence-corrected chi connectivity index (χ3v) is 6.70. The lowest BCUT2D eigenvalue weighted by atomic mass is 10.1. The van der Waals surface area contributed by atoms with Gasteiger partial charge in [0, 0.05) is 19.2 Å². The van der Waals surface area contributed by atoms with E-state index in [-0.39, 0.29) is 35.4 Å². The summed E-state index contributed by atoms with van der Waals surface area (Å²) in [7, 11) is -3.35. The molecule has 2 amide bonds. The molecule has 1 aromatic heterocycles. The summed E-state index contributed by atoms with van der Waals surface area (Å²) in [5.74, 6) is -1.87. The molecule has 0 bridgehead atoms. The van der Waals surface area contributed by atoms with Crippen LogP contribution in [0.4, 0.5) is 15.2 Å². The number of nitrogens with zero attached hydrogens (tertiary/aromatic N) is 2. The largest absolute Gasteiger partial charge is 0.309 e. The van der Waals surface area contributed by atoms with Crippen molar-refractivity contribution in [3.8, 4) is 0 Å². The third-order valence-electron chi connectivity index (χ3n) is 4.66. The molecule has 1 fully saturated rings. The second-order valence-electron chi connectivity index (χ2n) is 6.77. The van der Waals surface area contributed by atoms with Crippen molar-refractivity contribution >= 4 is 54.0 Å². The normalized spacial score (nSPS) is 17.1. The Hall–Kier alpha value is -2.85. The van der Waals surface area contributed by atoms with Crippen LogP contribution in [0.1, 0.15) is 6.42 Å². The van der Waals surface area contributed by atoms with Crippen LogP contribution < -0.4 is 10.2 Å². The number of hydrogen-bond acceptors (Lipinski definition) is 6. The van der Waals surface area contributed by atoms with Crippen molar-refractivity contribution in [1.82, 2.24) is 4.98 Å². The Labute approximate surface area is 170 Å². The van der Waals surface area contributed by atoms with Gasteiger partial charge in [-0.25, -0.2) is 17.8 Å². The van der Waals surface area contributed by atoms with E-state index in [2.05, 4.69) is 10.3 Å². The van der Waals surface area contributed by atoms with Crippen LogP contribution in [0, 0.1) is 11.7 Å². The molecule has 7 nitrogen and oxygen atoms in total. The van der Waals surface area contributed by atoms with E-state index >= 15 is 0 Å². The summed E-state index contributed by atoms with van der Waals surface area (Å²) in [4.78, 5) is 30.6. The first kappa shape index (κ1) is 19.5. The number of aromatic nitrogens is 1. The molecule has 1 aliphatic heterocycles. The molecule has 1 aliphatic rings. The van der Waals surface area contributed by atoms with Crippen molar-refractivity contribution < 1.29 is 22.4 Å². The fourth-order valence-corrected chi connectivity index (χ4v) is 4.81. The van der Waals surface area contributed by atoms with Crippen molar-refractivity contribution in [2.45, 2.75) is 11.3 Å². The highest BCUT2D eigenvalue weighted by Crippen LogP contribution is 2.31. The molecular weight excluding hydrogens is 417 g/mol. The molecule has 4 rings (SSSR count). The fourth-order valence-electron chi connectivity index (χ4n) is 3.18. The lowest BCUT2D eigenvalue weighted by Crippen LogP contribution is -2.28. The first-order valence-corrected chi connectivity index (χ1v) is 11.4. The highest BCUT2D eigenvalue weighted by Gasteiger charge is 2.36. The van der Waals surface area contributed by atoms with Gasteiger partial charge >= 0.3 is 0 Å². The molecule has 1 N–H and O–H groups in total. The van der Waals surface area contributed by atoms with Gasteiger partial charge in [0.05, 0.1) is 26.7 Å². The average molecular weight is 433 g/mol. The second kappa shape index (κ2) is 7.20. The van der Waals surface area contributed by atoms with Crippen molar-refractivity contribution in [2.75, 3.05) is 23.0 Å². The molecule has 29 heavy (non-hydrogen) atoms. The van der Waals surface area contributed by atoms with Gasteiger partial charge in [-0.05, 0) is 30.3 Å². The van der Waals surface area contributed by atoms with E-state index in [0.717, 1.165) is 17.6 Å². The first-order chi connectivity index (χ1) is 13.7. The van der Waals surface area contributed by atoms with Crippen LogP contribution >= 0.6 is 11.3 Å². The summed E-state index contributed by atoms with van der Waals surface area (Å²) < 4.78 is 38.0. The number of carbonyl (C=O) groups is 2. The molecule has 3 aromatic rings. The number of carbonyl (C=O) groups excluding carboxylic acids is 2. The standard InChI is InChI=1S/C19H16FN3O4S2/c1-29(26,27)12-6-7-14-16(9-12)28-19(21-14)22-18(25)11-8-17(24)23(10-11)15-5-3-2-4-13(15)20/h2-7,9,11H,8,10H2,1H3,(H,21,22,25)/t11-/m1/s1. The Morgan fingerprint density at radius 2 is 2.03 bits per heavy atom. The zero-order valence-electron chi connectivity index (χ0n) is 15.3. The lowest BCUT2D eigenvalue weighted by molar-refractivity contribution is -0.122. The number of fused-ring (bicyclic) bond motifs is 1. The van der Waals surface area contributed by atoms with E-state index in [9.17, 15) is 22.4 Å². The molecule has 0 saturated carbocycles. The van der Waals surface area contributed by atoms with Crippen LogP contribution in [0.25, 0.3) is 10.2 Å². The highest BCUT2D eigenvalue weighted by atomic mass is 32.2. The third kappa shape index (κ3) is 3.85. The van der Waals surface area contributed by atoms with Crippen molar-refractivity contribution in [3.63, 3.8) is 0 Å². The summed E-state index contributed by atoms with van der Waals surface area (Å²) in [6, 6.07) is 10.5. The molecule has 0 spiro atoms. The van der Waals surface area contributed by atoms with Gasteiger partial charge in [-0.2, -0.15) is 0 Å². The van der Waals surface area contributed by atoms with Gasteiger partial charge in [0.15, 0.2) is 15.0 Å². The molecule has 2 heterocycles. The molecule has 1 saturated heterocycles. The number of amides is 2. The SMILES string of the molecule is CS(=O)(=O)c1ccc2nc(NC(=O)[C@@H]3CC(=O)N(c4ccccc4F)C3)sc2c1. The van der Waals surface area contributed by atoms with Gasteiger partial charge in [-0.3, -0.25) is 9.59 Å². The highest BCUT2D eigenvalue weighted by molar-refractivity contribution is 7.90. The number of para-hydroxylation sites is 1. The van der Waals surface area contributed by atoms with Crippen molar-refractivity contribution in [2.24, 2.45) is 5.92 Å². The number of nitrogens with one attached hydrogen (secondary N) is 1. The Kier molecular flexibility index (Phi) is 4.83. The van der Waals surface area contributed by atoms with E-state index < -0.39 is 21.6 Å². The maximum atomic E-state index is 14.0. The number of halogens is 1. The minimum atomic E-state index is -3.35. The molecular formula is C19H16FN3O4S2. The monoisotopic (exact) mass is 433 g/mol. The first-order valence-electron chi connectivity index (χ1n) is 8.69. The minimum absolute atomic E-state index is 0.0245. The van der Waals surface area contributed by atoms with Crippen molar-refractivity contribution in [1.29, 1.82) is 0 Å². The molecule has 0 unspecified atom stereocenters.